The van der Waals surface area contributed by atoms with Crippen LogP contribution in [-0.2, 0) is 6.42 Å². The third-order valence-corrected chi connectivity index (χ3v) is 1.91. The molecule has 14 heavy (non-hydrogen) atoms. The Hall–Kier alpha value is -1.91. The molecule has 0 saturated carbocycles. The van der Waals surface area contributed by atoms with Gasteiger partial charge >= 0.3 is 0 Å². The van der Waals surface area contributed by atoms with Crippen molar-refractivity contribution in [2.24, 2.45) is 0 Å². The topological polar surface area (TPSA) is 69.6 Å². The Labute approximate surface area is 81.6 Å². The SMILES string of the molecule is CCc1cc(-n2cc(N)cn2)ncn1. The van der Waals surface area contributed by atoms with Crippen LogP contribution in [-0.4, -0.2) is 19.7 Å². The molecule has 0 aliphatic rings. The lowest BCUT2D eigenvalue weighted by Gasteiger charge is -2.00. The van der Waals surface area contributed by atoms with E-state index in [0.29, 0.717) is 5.69 Å². The van der Waals surface area contributed by atoms with Crippen LogP contribution in [0, 0.1) is 0 Å². The van der Waals surface area contributed by atoms with E-state index in [4.69, 9.17) is 5.73 Å². The van der Waals surface area contributed by atoms with Crippen molar-refractivity contribution in [2.45, 2.75) is 13.3 Å². The van der Waals surface area contributed by atoms with Crippen LogP contribution in [0.3, 0.4) is 0 Å². The van der Waals surface area contributed by atoms with Crippen molar-refractivity contribution in [3.8, 4) is 5.82 Å². The summed E-state index contributed by atoms with van der Waals surface area (Å²) in [7, 11) is 0. The van der Waals surface area contributed by atoms with E-state index >= 15 is 0 Å². The van der Waals surface area contributed by atoms with Gasteiger partial charge < -0.3 is 5.73 Å². The normalized spacial score (nSPS) is 10.4. The fourth-order valence-corrected chi connectivity index (χ4v) is 1.17. The first-order chi connectivity index (χ1) is 6.79. The standard InChI is InChI=1S/C9H11N5/c1-2-8-3-9(12-6-11-8)14-5-7(10)4-13-14/h3-6H,2,10H2,1H3. The summed E-state index contributed by atoms with van der Waals surface area (Å²) in [6.07, 6.45) is 5.73. The van der Waals surface area contributed by atoms with E-state index in [-0.39, 0.29) is 0 Å². The van der Waals surface area contributed by atoms with E-state index in [1.54, 1.807) is 17.1 Å². The Morgan fingerprint density at radius 1 is 1.43 bits per heavy atom. The maximum Gasteiger partial charge on any atom is 0.157 e. The van der Waals surface area contributed by atoms with Crippen molar-refractivity contribution in [1.29, 1.82) is 0 Å². The van der Waals surface area contributed by atoms with E-state index in [2.05, 4.69) is 15.1 Å². The highest BCUT2D eigenvalue weighted by Crippen LogP contribution is 2.07. The molecule has 72 valence electrons. The summed E-state index contributed by atoms with van der Waals surface area (Å²) in [5.41, 5.74) is 7.18. The van der Waals surface area contributed by atoms with Crippen LogP contribution in [0.4, 0.5) is 5.69 Å². The molecule has 2 aromatic heterocycles. The van der Waals surface area contributed by atoms with Gasteiger partial charge in [-0.25, -0.2) is 14.6 Å². The fourth-order valence-electron chi connectivity index (χ4n) is 1.17. The summed E-state index contributed by atoms with van der Waals surface area (Å²) in [6.45, 7) is 2.05. The smallest absolute Gasteiger partial charge is 0.157 e. The van der Waals surface area contributed by atoms with Crippen LogP contribution in [0.25, 0.3) is 5.82 Å². The lowest BCUT2D eigenvalue weighted by molar-refractivity contribution is 0.828. The molecule has 0 atom stereocenters. The molecule has 0 spiro atoms. The molecule has 2 aromatic rings. The lowest BCUT2D eigenvalue weighted by atomic mass is 10.3. The lowest BCUT2D eigenvalue weighted by Crippen LogP contribution is -2.00. The minimum atomic E-state index is 0.627. The molecule has 2 N–H and O–H groups in total. The number of hydrogen-bond acceptors (Lipinski definition) is 4. The summed E-state index contributed by atoms with van der Waals surface area (Å²) in [4.78, 5) is 8.21. The summed E-state index contributed by atoms with van der Waals surface area (Å²) < 4.78 is 1.64. The Morgan fingerprint density at radius 2 is 2.29 bits per heavy atom. The van der Waals surface area contributed by atoms with Crippen molar-refractivity contribution >= 4 is 5.69 Å². The van der Waals surface area contributed by atoms with Crippen molar-refractivity contribution in [2.75, 3.05) is 5.73 Å². The molecule has 0 aliphatic carbocycles. The van der Waals surface area contributed by atoms with Crippen molar-refractivity contribution in [3.63, 3.8) is 0 Å². The zero-order chi connectivity index (χ0) is 9.97. The number of aryl methyl sites for hydroxylation is 1. The van der Waals surface area contributed by atoms with E-state index in [9.17, 15) is 0 Å². The fraction of sp³-hybridized carbons (Fsp3) is 0.222. The molecule has 0 amide bonds. The minimum absolute atomic E-state index is 0.627. The summed E-state index contributed by atoms with van der Waals surface area (Å²) >= 11 is 0. The predicted octanol–water partition coefficient (Wildman–Crippen LogP) is 0.807. The second-order valence-electron chi connectivity index (χ2n) is 2.94. The number of nitrogens with zero attached hydrogens (tertiary/aromatic N) is 4. The highest BCUT2D eigenvalue weighted by atomic mass is 15.3. The predicted molar refractivity (Wildman–Crippen MR) is 52.9 cm³/mol. The summed E-state index contributed by atoms with van der Waals surface area (Å²) in [5, 5.41) is 4.06. The van der Waals surface area contributed by atoms with E-state index < -0.39 is 0 Å². The number of nitrogen functional groups attached to an aromatic ring is 1. The molecule has 0 aromatic carbocycles. The second kappa shape index (κ2) is 3.45. The average Bonchev–Trinajstić information content (AvgIpc) is 2.65. The van der Waals surface area contributed by atoms with E-state index in [1.807, 2.05) is 13.0 Å². The first-order valence-corrected chi connectivity index (χ1v) is 4.41. The molecule has 0 fully saturated rings. The third-order valence-electron chi connectivity index (χ3n) is 1.91. The Bertz CT molecular complexity index is 434. The van der Waals surface area contributed by atoms with Gasteiger partial charge in [0.2, 0.25) is 0 Å². The first kappa shape index (κ1) is 8.68. The Morgan fingerprint density at radius 3 is 2.93 bits per heavy atom. The van der Waals surface area contributed by atoms with Gasteiger partial charge in [-0.05, 0) is 6.42 Å². The van der Waals surface area contributed by atoms with Gasteiger partial charge in [-0.2, -0.15) is 5.10 Å². The van der Waals surface area contributed by atoms with Gasteiger partial charge in [-0.3, -0.25) is 0 Å². The van der Waals surface area contributed by atoms with Crippen LogP contribution in [0.2, 0.25) is 0 Å². The van der Waals surface area contributed by atoms with Gasteiger partial charge in [0, 0.05) is 11.8 Å². The largest absolute Gasteiger partial charge is 0.396 e. The van der Waals surface area contributed by atoms with Crippen LogP contribution >= 0.6 is 0 Å². The molecule has 2 rings (SSSR count). The first-order valence-electron chi connectivity index (χ1n) is 4.41. The van der Waals surface area contributed by atoms with E-state index in [1.165, 1.54) is 6.33 Å². The Balaban J connectivity index is 2.41. The van der Waals surface area contributed by atoms with E-state index in [0.717, 1.165) is 17.9 Å². The minimum Gasteiger partial charge on any atom is -0.396 e. The van der Waals surface area contributed by atoms with Gasteiger partial charge in [0.25, 0.3) is 0 Å². The molecule has 5 heteroatoms. The Kier molecular flexibility index (Phi) is 2.14. The molecular weight excluding hydrogens is 178 g/mol. The van der Waals surface area contributed by atoms with Crippen molar-refractivity contribution in [3.05, 3.63) is 30.5 Å². The van der Waals surface area contributed by atoms with Crippen molar-refractivity contribution in [1.82, 2.24) is 19.7 Å². The number of aromatic nitrogens is 4. The van der Waals surface area contributed by atoms with Gasteiger partial charge in [0.15, 0.2) is 5.82 Å². The molecule has 0 unspecified atom stereocenters. The molecule has 0 aliphatic heterocycles. The van der Waals surface area contributed by atoms with Crippen LogP contribution in [0.5, 0.6) is 0 Å². The van der Waals surface area contributed by atoms with Crippen LogP contribution < -0.4 is 5.73 Å². The van der Waals surface area contributed by atoms with Crippen LogP contribution in [0.15, 0.2) is 24.8 Å². The zero-order valence-corrected chi connectivity index (χ0v) is 7.88. The molecule has 0 radical (unpaired) electrons. The average molecular weight is 189 g/mol. The number of hydrogen-bond donors (Lipinski definition) is 1. The number of nitrogens with two attached hydrogens (primary N) is 1. The highest BCUT2D eigenvalue weighted by Gasteiger charge is 2.00. The number of rotatable bonds is 2. The monoisotopic (exact) mass is 189 g/mol. The maximum absolute atomic E-state index is 5.56. The molecule has 2 heterocycles. The van der Waals surface area contributed by atoms with Gasteiger partial charge in [0.05, 0.1) is 18.1 Å². The number of anilines is 1. The van der Waals surface area contributed by atoms with Gasteiger partial charge in [0.1, 0.15) is 6.33 Å². The molecular formula is C9H11N5. The van der Waals surface area contributed by atoms with Gasteiger partial charge in [-0.15, -0.1) is 0 Å². The zero-order valence-electron chi connectivity index (χ0n) is 7.88. The maximum atomic E-state index is 5.56. The quantitative estimate of drug-likeness (QED) is 0.758. The third kappa shape index (κ3) is 1.56. The van der Waals surface area contributed by atoms with Gasteiger partial charge in [-0.1, -0.05) is 6.92 Å². The van der Waals surface area contributed by atoms with Crippen LogP contribution in [0.1, 0.15) is 12.6 Å². The molecule has 5 nitrogen and oxygen atoms in total. The highest BCUT2D eigenvalue weighted by molar-refractivity contribution is 5.35. The molecule has 0 bridgehead atoms. The van der Waals surface area contributed by atoms with Crippen molar-refractivity contribution < 1.29 is 0 Å². The summed E-state index contributed by atoms with van der Waals surface area (Å²) in [5.74, 6) is 0.744. The molecule has 0 saturated heterocycles. The second-order valence-corrected chi connectivity index (χ2v) is 2.94. The summed E-state index contributed by atoms with van der Waals surface area (Å²) in [6, 6.07) is 1.90.